The molecule has 0 aliphatic heterocycles. The van der Waals surface area contributed by atoms with Crippen molar-refractivity contribution in [3.05, 3.63) is 51.2 Å². The summed E-state index contributed by atoms with van der Waals surface area (Å²) in [6.45, 7) is 3.49. The molecule has 0 fully saturated rings. The number of benzene rings is 1. The highest BCUT2D eigenvalue weighted by molar-refractivity contribution is 6.04. The number of aromatic nitrogens is 2. The number of hydrogen-bond acceptors (Lipinski definition) is 4. The summed E-state index contributed by atoms with van der Waals surface area (Å²) in [4.78, 5) is 22.2. The molecule has 0 unspecified atom stereocenters. The molecule has 1 heterocycles. The van der Waals surface area contributed by atoms with E-state index in [9.17, 15) is 14.9 Å². The zero-order valence-electron chi connectivity index (χ0n) is 10.4. The average Bonchev–Trinajstić information content (AvgIpc) is 2.74. The Hall–Kier alpha value is -2.70. The fraction of sp³-hybridized carbons (Fsp3) is 0.167. The Morgan fingerprint density at radius 2 is 2.11 bits per heavy atom. The van der Waals surface area contributed by atoms with E-state index < -0.39 is 10.8 Å². The van der Waals surface area contributed by atoms with Gasteiger partial charge in [0.05, 0.1) is 11.1 Å². The smallest absolute Gasteiger partial charge is 0.270 e. The van der Waals surface area contributed by atoms with E-state index in [2.05, 4.69) is 15.5 Å². The number of hydrogen-bond donors (Lipinski definition) is 2. The van der Waals surface area contributed by atoms with Gasteiger partial charge in [-0.25, -0.2) is 0 Å². The molecular weight excluding hydrogens is 248 g/mol. The number of carbonyl (C=O) groups is 1. The number of aryl methyl sites for hydroxylation is 2. The van der Waals surface area contributed by atoms with E-state index in [1.807, 2.05) is 0 Å². The Balaban J connectivity index is 2.29. The molecular formula is C12H12N4O3. The molecule has 0 saturated heterocycles. The lowest BCUT2D eigenvalue weighted by Gasteiger charge is -2.05. The van der Waals surface area contributed by atoms with Gasteiger partial charge in [-0.15, -0.1) is 0 Å². The normalized spacial score (nSPS) is 10.2. The first-order valence-corrected chi connectivity index (χ1v) is 5.55. The van der Waals surface area contributed by atoms with E-state index in [4.69, 9.17) is 0 Å². The molecule has 1 aromatic carbocycles. The third-order valence-corrected chi connectivity index (χ3v) is 2.60. The topological polar surface area (TPSA) is 101 Å². The molecule has 0 aliphatic carbocycles. The second-order valence-corrected chi connectivity index (χ2v) is 4.20. The summed E-state index contributed by atoms with van der Waals surface area (Å²) >= 11 is 0. The van der Waals surface area contributed by atoms with E-state index in [1.165, 1.54) is 12.1 Å². The molecule has 0 aliphatic rings. The van der Waals surface area contributed by atoms with Crippen LogP contribution in [0.4, 0.5) is 11.5 Å². The summed E-state index contributed by atoms with van der Waals surface area (Å²) in [6, 6.07) is 4.25. The van der Waals surface area contributed by atoms with Crippen molar-refractivity contribution in [3.8, 4) is 0 Å². The number of anilines is 1. The summed E-state index contributed by atoms with van der Waals surface area (Å²) < 4.78 is 0. The van der Waals surface area contributed by atoms with Crippen molar-refractivity contribution < 1.29 is 9.72 Å². The van der Waals surface area contributed by atoms with E-state index in [0.717, 1.165) is 5.56 Å². The van der Waals surface area contributed by atoms with Gasteiger partial charge >= 0.3 is 0 Å². The molecule has 2 N–H and O–H groups in total. The zero-order valence-corrected chi connectivity index (χ0v) is 10.4. The van der Waals surface area contributed by atoms with Gasteiger partial charge in [-0.2, -0.15) is 5.10 Å². The van der Waals surface area contributed by atoms with Gasteiger partial charge in [0.2, 0.25) is 0 Å². The summed E-state index contributed by atoms with van der Waals surface area (Å²) in [7, 11) is 0. The van der Waals surface area contributed by atoms with Crippen LogP contribution in [-0.4, -0.2) is 21.0 Å². The predicted molar refractivity (Wildman–Crippen MR) is 69.1 cm³/mol. The third-order valence-electron chi connectivity index (χ3n) is 2.60. The van der Waals surface area contributed by atoms with Crippen LogP contribution in [0.25, 0.3) is 0 Å². The molecule has 0 spiro atoms. The Morgan fingerprint density at radius 1 is 1.37 bits per heavy atom. The number of non-ortho nitro benzene ring substituents is 1. The van der Waals surface area contributed by atoms with Crippen molar-refractivity contribution in [2.75, 3.05) is 5.32 Å². The number of amides is 1. The maximum absolute atomic E-state index is 12.0. The van der Waals surface area contributed by atoms with Crippen LogP contribution in [0.3, 0.4) is 0 Å². The summed E-state index contributed by atoms with van der Waals surface area (Å²) in [5.74, 6) is 0.0632. The monoisotopic (exact) mass is 260 g/mol. The van der Waals surface area contributed by atoms with Gasteiger partial charge in [0.25, 0.3) is 11.6 Å². The molecule has 0 saturated carbocycles. The fourth-order valence-electron chi connectivity index (χ4n) is 1.66. The van der Waals surface area contributed by atoms with E-state index >= 15 is 0 Å². The Kier molecular flexibility index (Phi) is 3.28. The molecule has 98 valence electrons. The van der Waals surface area contributed by atoms with Gasteiger partial charge in [0.15, 0.2) is 0 Å². The van der Waals surface area contributed by atoms with Crippen molar-refractivity contribution in [2.45, 2.75) is 13.8 Å². The number of carbonyl (C=O) groups excluding carboxylic acids is 1. The van der Waals surface area contributed by atoms with E-state index in [-0.39, 0.29) is 11.3 Å². The molecule has 19 heavy (non-hydrogen) atoms. The number of nitrogens with one attached hydrogen (secondary N) is 2. The first-order chi connectivity index (χ1) is 8.97. The van der Waals surface area contributed by atoms with Gasteiger partial charge in [-0.05, 0) is 25.5 Å². The number of nitrogens with zero attached hydrogens (tertiary/aromatic N) is 2. The van der Waals surface area contributed by atoms with Crippen LogP contribution < -0.4 is 5.32 Å². The lowest BCUT2D eigenvalue weighted by atomic mass is 10.1. The molecule has 7 heteroatoms. The maximum atomic E-state index is 12.0. The predicted octanol–water partition coefficient (Wildman–Crippen LogP) is 2.19. The highest BCUT2D eigenvalue weighted by atomic mass is 16.6. The molecule has 7 nitrogen and oxygen atoms in total. The van der Waals surface area contributed by atoms with Crippen LogP contribution in [0.15, 0.2) is 24.4 Å². The van der Waals surface area contributed by atoms with E-state index in [1.54, 1.807) is 26.1 Å². The van der Waals surface area contributed by atoms with Gasteiger partial charge in [0.1, 0.15) is 5.82 Å². The first kappa shape index (κ1) is 12.7. The summed E-state index contributed by atoms with van der Waals surface area (Å²) in [6.07, 6.45) is 1.58. The van der Waals surface area contributed by atoms with Crippen LogP contribution in [-0.2, 0) is 0 Å². The van der Waals surface area contributed by atoms with Gasteiger partial charge in [0, 0.05) is 23.3 Å². The SMILES string of the molecule is Cc1cc(C(=O)Nc2[nH]ncc2C)cc([N+](=O)[O-])c1. The molecule has 0 atom stereocenters. The van der Waals surface area contributed by atoms with Crippen molar-refractivity contribution in [2.24, 2.45) is 0 Å². The zero-order chi connectivity index (χ0) is 14.0. The lowest BCUT2D eigenvalue weighted by molar-refractivity contribution is -0.384. The maximum Gasteiger partial charge on any atom is 0.270 e. The van der Waals surface area contributed by atoms with Gasteiger partial charge in [-0.1, -0.05) is 0 Å². The van der Waals surface area contributed by atoms with Gasteiger partial charge in [-0.3, -0.25) is 20.0 Å². The van der Waals surface area contributed by atoms with Crippen LogP contribution in [0.5, 0.6) is 0 Å². The average molecular weight is 260 g/mol. The van der Waals surface area contributed by atoms with Crippen molar-refractivity contribution in [1.29, 1.82) is 0 Å². The van der Waals surface area contributed by atoms with Crippen LogP contribution in [0, 0.1) is 24.0 Å². The molecule has 1 aromatic heterocycles. The first-order valence-electron chi connectivity index (χ1n) is 5.55. The van der Waals surface area contributed by atoms with Crippen molar-refractivity contribution in [1.82, 2.24) is 10.2 Å². The number of aromatic amines is 1. The highest BCUT2D eigenvalue weighted by Gasteiger charge is 2.14. The Labute approximate surface area is 108 Å². The minimum Gasteiger partial charge on any atom is -0.307 e. The third kappa shape index (κ3) is 2.76. The number of nitro groups is 1. The van der Waals surface area contributed by atoms with Crippen molar-refractivity contribution >= 4 is 17.4 Å². The second-order valence-electron chi connectivity index (χ2n) is 4.20. The fourth-order valence-corrected chi connectivity index (χ4v) is 1.66. The molecule has 2 aromatic rings. The van der Waals surface area contributed by atoms with Crippen LogP contribution in [0.2, 0.25) is 0 Å². The van der Waals surface area contributed by atoms with Crippen LogP contribution in [0.1, 0.15) is 21.5 Å². The summed E-state index contributed by atoms with van der Waals surface area (Å²) in [5, 5.41) is 19.8. The Bertz CT molecular complexity index is 648. The molecule has 0 radical (unpaired) electrons. The summed E-state index contributed by atoms with van der Waals surface area (Å²) in [5.41, 5.74) is 1.57. The second kappa shape index (κ2) is 4.89. The number of rotatable bonds is 3. The minimum atomic E-state index is -0.523. The Morgan fingerprint density at radius 3 is 2.68 bits per heavy atom. The standard InChI is InChI=1S/C12H12N4O3/c1-7-3-9(5-10(4-7)16(18)19)12(17)14-11-8(2)6-13-15-11/h3-6H,1-2H3,(H2,13,14,15,17). The lowest BCUT2D eigenvalue weighted by Crippen LogP contribution is -2.13. The van der Waals surface area contributed by atoms with Crippen LogP contribution >= 0.6 is 0 Å². The highest BCUT2D eigenvalue weighted by Crippen LogP contribution is 2.18. The number of nitro benzene ring substituents is 1. The largest absolute Gasteiger partial charge is 0.307 e. The number of H-pyrrole nitrogens is 1. The van der Waals surface area contributed by atoms with E-state index in [0.29, 0.717) is 11.4 Å². The molecule has 0 bridgehead atoms. The molecule has 2 rings (SSSR count). The van der Waals surface area contributed by atoms with Crippen molar-refractivity contribution in [3.63, 3.8) is 0 Å². The minimum absolute atomic E-state index is 0.105. The molecule has 1 amide bonds. The van der Waals surface area contributed by atoms with Gasteiger partial charge < -0.3 is 5.32 Å². The quantitative estimate of drug-likeness (QED) is 0.652.